The summed E-state index contributed by atoms with van der Waals surface area (Å²) in [4.78, 5) is 27.4. The molecule has 3 aromatic rings. The molecule has 1 N–H and O–H groups in total. The molecule has 0 spiro atoms. The summed E-state index contributed by atoms with van der Waals surface area (Å²) < 4.78 is 18.7. The lowest BCUT2D eigenvalue weighted by molar-refractivity contribution is -0.120. The molecule has 1 aliphatic carbocycles. The molecule has 1 aliphatic rings. The number of hydrogen-bond acceptors (Lipinski definition) is 3. The number of nitrogens with one attached hydrogen (secondary N) is 1. The molecule has 3 aromatic carbocycles. The van der Waals surface area contributed by atoms with Crippen LogP contribution in [0, 0.1) is 5.82 Å². The Morgan fingerprint density at radius 1 is 1.00 bits per heavy atom. The van der Waals surface area contributed by atoms with Gasteiger partial charge in [-0.25, -0.2) is 4.39 Å². The van der Waals surface area contributed by atoms with Crippen molar-refractivity contribution in [2.45, 2.75) is 31.8 Å². The Balaban J connectivity index is 1.63. The summed E-state index contributed by atoms with van der Waals surface area (Å²) in [5, 5.41) is 2.99. The van der Waals surface area contributed by atoms with Crippen molar-refractivity contribution in [3.05, 3.63) is 95.3 Å². The standard InChI is InChI=1S/C26H25FN2O3/c1-32-24-7-3-5-20(16-24)26(31)29(17-18-8-10-21(27)11-9-18)23-6-2-4-19(14-23)15-25(30)28-22-12-13-22/h2-11,14,16,22H,12-13,15,17H2,1H3,(H,28,30). The van der Waals surface area contributed by atoms with Gasteiger partial charge < -0.3 is 15.0 Å². The maximum atomic E-state index is 13.5. The number of anilines is 1. The molecule has 4 rings (SSSR count). The van der Waals surface area contributed by atoms with Crippen LogP contribution in [-0.2, 0) is 17.8 Å². The molecule has 0 heterocycles. The van der Waals surface area contributed by atoms with Gasteiger partial charge in [0.05, 0.1) is 20.1 Å². The Morgan fingerprint density at radius 3 is 2.47 bits per heavy atom. The lowest BCUT2D eigenvalue weighted by Gasteiger charge is -2.24. The minimum atomic E-state index is -0.330. The van der Waals surface area contributed by atoms with Crippen molar-refractivity contribution >= 4 is 17.5 Å². The number of carbonyl (C=O) groups is 2. The highest BCUT2D eigenvalue weighted by molar-refractivity contribution is 6.06. The van der Waals surface area contributed by atoms with Crippen LogP contribution in [0.15, 0.2) is 72.8 Å². The number of carbonyl (C=O) groups excluding carboxylic acids is 2. The quantitative estimate of drug-likeness (QED) is 0.570. The van der Waals surface area contributed by atoms with E-state index >= 15 is 0 Å². The first-order valence-corrected chi connectivity index (χ1v) is 10.6. The molecule has 32 heavy (non-hydrogen) atoms. The Kier molecular flexibility index (Phi) is 6.50. The number of hydrogen-bond donors (Lipinski definition) is 1. The van der Waals surface area contributed by atoms with E-state index in [4.69, 9.17) is 4.74 Å². The molecule has 1 fully saturated rings. The van der Waals surface area contributed by atoms with Crippen LogP contribution in [0.5, 0.6) is 5.75 Å². The van der Waals surface area contributed by atoms with Crippen LogP contribution >= 0.6 is 0 Å². The van der Waals surface area contributed by atoms with Gasteiger partial charge in [0.1, 0.15) is 11.6 Å². The first-order valence-electron chi connectivity index (χ1n) is 10.6. The van der Waals surface area contributed by atoms with E-state index in [-0.39, 0.29) is 30.6 Å². The second-order valence-corrected chi connectivity index (χ2v) is 7.94. The Bertz CT molecular complexity index is 1110. The highest BCUT2D eigenvalue weighted by atomic mass is 19.1. The maximum Gasteiger partial charge on any atom is 0.258 e. The van der Waals surface area contributed by atoms with Gasteiger partial charge in [0, 0.05) is 17.3 Å². The third-order valence-electron chi connectivity index (χ3n) is 5.35. The van der Waals surface area contributed by atoms with E-state index in [1.165, 1.54) is 12.1 Å². The highest BCUT2D eigenvalue weighted by Crippen LogP contribution is 2.24. The lowest BCUT2D eigenvalue weighted by atomic mass is 10.1. The molecule has 0 unspecified atom stereocenters. The number of benzene rings is 3. The first-order chi connectivity index (χ1) is 15.5. The fourth-order valence-corrected chi connectivity index (χ4v) is 3.49. The van der Waals surface area contributed by atoms with E-state index in [1.807, 2.05) is 24.3 Å². The molecule has 1 saturated carbocycles. The molecular formula is C26H25FN2O3. The van der Waals surface area contributed by atoms with Crippen LogP contribution in [0.1, 0.15) is 34.3 Å². The summed E-state index contributed by atoms with van der Waals surface area (Å²) in [6, 6.07) is 20.7. The van der Waals surface area contributed by atoms with E-state index in [0.717, 1.165) is 24.0 Å². The van der Waals surface area contributed by atoms with Crippen molar-refractivity contribution in [2.75, 3.05) is 12.0 Å². The Morgan fingerprint density at radius 2 is 1.75 bits per heavy atom. The zero-order valence-electron chi connectivity index (χ0n) is 17.9. The Hall–Kier alpha value is -3.67. The third-order valence-corrected chi connectivity index (χ3v) is 5.35. The van der Waals surface area contributed by atoms with Crippen LogP contribution in [0.3, 0.4) is 0 Å². The Labute approximate surface area is 186 Å². The normalized spacial score (nSPS) is 12.8. The van der Waals surface area contributed by atoms with E-state index in [1.54, 1.807) is 48.4 Å². The van der Waals surface area contributed by atoms with Crippen LogP contribution < -0.4 is 15.0 Å². The number of halogens is 1. The molecular weight excluding hydrogens is 407 g/mol. The highest BCUT2D eigenvalue weighted by Gasteiger charge is 2.24. The van der Waals surface area contributed by atoms with Gasteiger partial charge in [0.25, 0.3) is 5.91 Å². The zero-order valence-corrected chi connectivity index (χ0v) is 17.9. The van der Waals surface area contributed by atoms with Gasteiger partial charge in [-0.05, 0) is 66.4 Å². The lowest BCUT2D eigenvalue weighted by Crippen LogP contribution is -2.31. The van der Waals surface area contributed by atoms with Gasteiger partial charge in [-0.2, -0.15) is 0 Å². The van der Waals surface area contributed by atoms with E-state index < -0.39 is 0 Å². The molecule has 0 saturated heterocycles. The summed E-state index contributed by atoms with van der Waals surface area (Å²) in [5.41, 5.74) is 2.75. The van der Waals surface area contributed by atoms with Crippen molar-refractivity contribution < 1.29 is 18.7 Å². The molecule has 0 atom stereocenters. The summed E-state index contributed by atoms with van der Waals surface area (Å²) in [6.45, 7) is 0.258. The van der Waals surface area contributed by atoms with E-state index in [9.17, 15) is 14.0 Å². The van der Waals surface area contributed by atoms with Crippen molar-refractivity contribution in [3.8, 4) is 5.75 Å². The van der Waals surface area contributed by atoms with Crippen molar-refractivity contribution in [2.24, 2.45) is 0 Å². The second kappa shape index (κ2) is 9.64. The molecule has 164 valence electrons. The molecule has 6 heteroatoms. The fraction of sp³-hybridized carbons (Fsp3) is 0.231. The number of amides is 2. The van der Waals surface area contributed by atoms with Gasteiger partial charge >= 0.3 is 0 Å². The first kappa shape index (κ1) is 21.6. The largest absolute Gasteiger partial charge is 0.497 e. The minimum Gasteiger partial charge on any atom is -0.497 e. The molecule has 0 radical (unpaired) electrons. The van der Waals surface area contributed by atoms with Gasteiger partial charge in [0.15, 0.2) is 0 Å². The van der Waals surface area contributed by atoms with Crippen molar-refractivity contribution in [1.29, 1.82) is 0 Å². The summed E-state index contributed by atoms with van der Waals surface area (Å²) in [6.07, 6.45) is 2.32. The van der Waals surface area contributed by atoms with Gasteiger partial charge in [-0.1, -0.05) is 30.3 Å². The topological polar surface area (TPSA) is 58.6 Å². The van der Waals surface area contributed by atoms with Gasteiger partial charge in [-0.3, -0.25) is 9.59 Å². The van der Waals surface area contributed by atoms with Crippen LogP contribution in [0.25, 0.3) is 0 Å². The zero-order chi connectivity index (χ0) is 22.5. The molecule has 5 nitrogen and oxygen atoms in total. The number of nitrogens with zero attached hydrogens (tertiary/aromatic N) is 1. The maximum absolute atomic E-state index is 13.5. The summed E-state index contributed by atoms with van der Waals surface area (Å²) in [7, 11) is 1.55. The predicted molar refractivity (Wildman–Crippen MR) is 121 cm³/mol. The number of rotatable bonds is 8. The minimum absolute atomic E-state index is 0.0196. The smallest absolute Gasteiger partial charge is 0.258 e. The monoisotopic (exact) mass is 432 g/mol. The molecule has 0 aliphatic heterocycles. The average molecular weight is 432 g/mol. The SMILES string of the molecule is COc1cccc(C(=O)N(Cc2ccc(F)cc2)c2cccc(CC(=O)NC3CC3)c2)c1. The number of ether oxygens (including phenoxy) is 1. The van der Waals surface area contributed by atoms with Crippen LogP contribution in [-0.4, -0.2) is 25.0 Å². The fourth-order valence-electron chi connectivity index (χ4n) is 3.49. The third kappa shape index (κ3) is 5.52. The van der Waals surface area contributed by atoms with Gasteiger partial charge in [-0.15, -0.1) is 0 Å². The predicted octanol–water partition coefficient (Wildman–Crippen LogP) is 4.50. The molecule has 2 amide bonds. The second-order valence-electron chi connectivity index (χ2n) is 7.94. The molecule has 0 bridgehead atoms. The van der Waals surface area contributed by atoms with Crippen LogP contribution in [0.2, 0.25) is 0 Å². The average Bonchev–Trinajstić information content (AvgIpc) is 3.62. The van der Waals surface area contributed by atoms with Crippen molar-refractivity contribution in [3.63, 3.8) is 0 Å². The number of methoxy groups -OCH3 is 1. The van der Waals surface area contributed by atoms with E-state index in [2.05, 4.69) is 5.32 Å². The molecule has 0 aromatic heterocycles. The van der Waals surface area contributed by atoms with Crippen molar-refractivity contribution in [1.82, 2.24) is 5.32 Å². The van der Waals surface area contributed by atoms with Gasteiger partial charge in [0.2, 0.25) is 5.91 Å². The summed E-state index contributed by atoms with van der Waals surface area (Å²) in [5.74, 6) is 0.0211. The van der Waals surface area contributed by atoms with Crippen LogP contribution in [0.4, 0.5) is 10.1 Å². The van der Waals surface area contributed by atoms with E-state index in [0.29, 0.717) is 23.0 Å². The summed E-state index contributed by atoms with van der Waals surface area (Å²) >= 11 is 0.